The zero-order chi connectivity index (χ0) is 14.4. The molecule has 6 nitrogen and oxygen atoms in total. The van der Waals surface area contributed by atoms with Crippen LogP contribution in [0.25, 0.3) is 0 Å². The number of nitrogens with two attached hydrogens (primary N) is 1. The minimum Gasteiger partial charge on any atom is -0.364 e. The molecule has 1 saturated heterocycles. The molecule has 2 unspecified atom stereocenters. The van der Waals surface area contributed by atoms with E-state index in [1.807, 2.05) is 54.6 Å². The fraction of sp³-hybridized carbons (Fsp3) is 0.133. The van der Waals surface area contributed by atoms with E-state index < -0.39 is 6.04 Å². The summed E-state index contributed by atoms with van der Waals surface area (Å²) in [6.45, 7) is 0. The molecule has 21 heavy (non-hydrogen) atoms. The number of amides is 1. The van der Waals surface area contributed by atoms with E-state index in [0.29, 0.717) is 0 Å². The summed E-state index contributed by atoms with van der Waals surface area (Å²) in [6.07, 6.45) is 7.61. The molecule has 0 spiro atoms. The maximum atomic E-state index is 12.8. The summed E-state index contributed by atoms with van der Waals surface area (Å²) >= 11 is 0. The van der Waals surface area contributed by atoms with Crippen molar-refractivity contribution in [2.75, 3.05) is 0 Å². The van der Waals surface area contributed by atoms with E-state index in [1.165, 1.54) is 5.12 Å². The van der Waals surface area contributed by atoms with Crippen molar-refractivity contribution in [3.8, 4) is 0 Å². The second-order valence-corrected chi connectivity index (χ2v) is 5.04. The van der Waals surface area contributed by atoms with Crippen molar-refractivity contribution in [2.24, 2.45) is 10.7 Å². The minimum atomic E-state index is -0.453. The molecule has 2 heterocycles. The van der Waals surface area contributed by atoms with Crippen molar-refractivity contribution < 1.29 is 9.48 Å². The lowest BCUT2D eigenvalue weighted by Gasteiger charge is -2.20. The third-order valence-electron chi connectivity index (χ3n) is 3.75. The molecule has 6 heteroatoms. The number of hydrogen-bond donors (Lipinski definition) is 2. The van der Waals surface area contributed by atoms with Gasteiger partial charge in [-0.25, -0.2) is 9.79 Å². The topological polar surface area (TPSA) is 73.7 Å². The third-order valence-corrected chi connectivity index (χ3v) is 3.75. The number of rotatable bonds is 1. The molecule has 1 amide bonds. The van der Waals surface area contributed by atoms with Gasteiger partial charge in [-0.3, -0.25) is 0 Å². The Balaban J connectivity index is 1.81. The van der Waals surface area contributed by atoms with E-state index in [2.05, 4.69) is 10.4 Å². The van der Waals surface area contributed by atoms with E-state index in [1.54, 1.807) is 4.68 Å². The summed E-state index contributed by atoms with van der Waals surface area (Å²) in [5, 5.41) is 1.52. The highest BCUT2D eigenvalue weighted by atomic mass is 16.2. The van der Waals surface area contributed by atoms with Crippen LogP contribution in [0.2, 0.25) is 0 Å². The number of guanidine groups is 1. The normalized spacial score (nSPS) is 26.8. The first-order chi connectivity index (χ1) is 10.3. The highest BCUT2D eigenvalue weighted by molar-refractivity contribution is 6.04. The van der Waals surface area contributed by atoms with Crippen LogP contribution in [-0.4, -0.2) is 33.4 Å². The molecule has 1 aromatic carbocycles. The third kappa shape index (κ3) is 1.73. The van der Waals surface area contributed by atoms with E-state index in [0.717, 1.165) is 11.3 Å². The Morgan fingerprint density at radius 2 is 2.05 bits per heavy atom. The number of fused-ring (bicyclic) bond motifs is 2. The van der Waals surface area contributed by atoms with Gasteiger partial charge in [-0.1, -0.05) is 42.5 Å². The predicted molar refractivity (Wildman–Crippen MR) is 78.1 cm³/mol. The number of aliphatic imine (C=N–C) groups is 1. The summed E-state index contributed by atoms with van der Waals surface area (Å²) in [5.41, 5.74) is 10.8. The van der Waals surface area contributed by atoms with Crippen LogP contribution in [0.1, 0.15) is 11.6 Å². The molecule has 1 aromatic rings. The van der Waals surface area contributed by atoms with Gasteiger partial charge in [0.2, 0.25) is 5.71 Å². The Labute approximate surface area is 121 Å². The standard InChI is InChI=1S/C15H14N5O/c16-15-17-11-8-4-5-9-12(11)19-14(21)13(18-20(15)19)10-6-2-1-3-7-10/h1-9,11,13,18H,(H2,16,17)/q+1. The number of carbonyl (C=O) groups excluding carboxylic acids is 1. The molecule has 4 rings (SSSR count). The van der Waals surface area contributed by atoms with Gasteiger partial charge in [-0.15, -0.1) is 0 Å². The molecule has 2 aliphatic heterocycles. The summed E-state index contributed by atoms with van der Waals surface area (Å²) in [5.74, 6) is 0.231. The molecule has 1 fully saturated rings. The van der Waals surface area contributed by atoms with Gasteiger partial charge < -0.3 is 5.73 Å². The largest absolute Gasteiger partial charge is 0.440 e. The maximum Gasteiger partial charge on any atom is 0.440 e. The number of nitrogens with one attached hydrogen (secondary N) is 1. The Morgan fingerprint density at radius 1 is 1.24 bits per heavy atom. The Kier molecular flexibility index (Phi) is 2.52. The highest BCUT2D eigenvalue weighted by Gasteiger charge is 2.51. The maximum absolute atomic E-state index is 12.8. The SMILES string of the molecule is NC1=NC2C=CC=CC2=[N+]2C(=O)C(c3ccccc3)NN12. The summed E-state index contributed by atoms with van der Waals surface area (Å²) in [4.78, 5) is 17.2. The molecule has 0 aromatic heterocycles. The molecule has 3 N–H and O–H groups in total. The van der Waals surface area contributed by atoms with Crippen LogP contribution in [0, 0.1) is 0 Å². The fourth-order valence-corrected chi connectivity index (χ4v) is 2.75. The summed E-state index contributed by atoms with van der Waals surface area (Å²) in [7, 11) is 0. The van der Waals surface area contributed by atoms with Gasteiger partial charge in [0.1, 0.15) is 0 Å². The highest BCUT2D eigenvalue weighted by Crippen LogP contribution is 2.24. The first-order valence-corrected chi connectivity index (χ1v) is 6.76. The number of nitrogens with zero attached hydrogens (tertiary/aromatic N) is 3. The van der Waals surface area contributed by atoms with Crippen molar-refractivity contribution in [3.05, 3.63) is 60.2 Å². The van der Waals surface area contributed by atoms with Gasteiger partial charge in [-0.2, -0.15) is 5.43 Å². The van der Waals surface area contributed by atoms with Crippen LogP contribution in [-0.2, 0) is 4.79 Å². The van der Waals surface area contributed by atoms with E-state index in [-0.39, 0.29) is 17.9 Å². The zero-order valence-electron chi connectivity index (χ0n) is 11.2. The zero-order valence-corrected chi connectivity index (χ0v) is 11.2. The molecular formula is C15H14N5O+. The lowest BCUT2D eigenvalue weighted by atomic mass is 10.1. The lowest BCUT2D eigenvalue weighted by Crippen LogP contribution is -2.53. The van der Waals surface area contributed by atoms with Crippen molar-refractivity contribution in [1.82, 2.24) is 10.5 Å². The van der Waals surface area contributed by atoms with Crippen LogP contribution in [0.5, 0.6) is 0 Å². The Hall–Kier alpha value is -2.73. The molecule has 0 radical (unpaired) electrons. The number of carbonyl (C=O) groups is 1. The monoisotopic (exact) mass is 280 g/mol. The average Bonchev–Trinajstić information content (AvgIpc) is 2.87. The molecule has 0 saturated carbocycles. The quantitative estimate of drug-likeness (QED) is 0.724. The minimum absolute atomic E-state index is 0.0565. The number of benzene rings is 1. The van der Waals surface area contributed by atoms with Crippen LogP contribution >= 0.6 is 0 Å². The second-order valence-electron chi connectivity index (χ2n) is 5.04. The number of allylic oxidation sites excluding steroid dienone is 2. The molecule has 104 valence electrons. The number of hydrogen-bond acceptors (Lipinski definition) is 5. The summed E-state index contributed by atoms with van der Waals surface area (Å²) < 4.78 is 1.57. The van der Waals surface area contributed by atoms with Crippen LogP contribution in [0.4, 0.5) is 0 Å². The first-order valence-electron chi connectivity index (χ1n) is 6.76. The van der Waals surface area contributed by atoms with Crippen molar-refractivity contribution in [1.29, 1.82) is 0 Å². The molecule has 2 atom stereocenters. The van der Waals surface area contributed by atoms with Gasteiger partial charge in [0.25, 0.3) is 5.96 Å². The van der Waals surface area contributed by atoms with Gasteiger partial charge in [0, 0.05) is 6.08 Å². The summed E-state index contributed by atoms with van der Waals surface area (Å²) in [6, 6.07) is 8.92. The molecular weight excluding hydrogens is 266 g/mol. The lowest BCUT2D eigenvalue weighted by molar-refractivity contribution is -0.588. The van der Waals surface area contributed by atoms with Gasteiger partial charge in [-0.05, 0) is 21.4 Å². The predicted octanol–water partition coefficient (Wildman–Crippen LogP) is 0.266. The van der Waals surface area contributed by atoms with Crippen LogP contribution in [0.3, 0.4) is 0 Å². The van der Waals surface area contributed by atoms with Crippen molar-refractivity contribution in [2.45, 2.75) is 12.1 Å². The molecule has 0 bridgehead atoms. The van der Waals surface area contributed by atoms with Gasteiger partial charge in [0.05, 0.1) is 0 Å². The first kappa shape index (κ1) is 12.0. The van der Waals surface area contributed by atoms with E-state index in [9.17, 15) is 4.79 Å². The van der Waals surface area contributed by atoms with Crippen molar-refractivity contribution >= 4 is 17.6 Å². The van der Waals surface area contributed by atoms with Crippen LogP contribution in [0.15, 0.2) is 59.6 Å². The van der Waals surface area contributed by atoms with Gasteiger partial charge >= 0.3 is 5.91 Å². The number of hydrazine groups is 2. The smallest absolute Gasteiger partial charge is 0.364 e. The second kappa shape index (κ2) is 4.39. The molecule has 1 aliphatic carbocycles. The Morgan fingerprint density at radius 3 is 2.86 bits per heavy atom. The van der Waals surface area contributed by atoms with Gasteiger partial charge in [0.15, 0.2) is 12.1 Å². The van der Waals surface area contributed by atoms with Crippen LogP contribution < -0.4 is 11.2 Å². The Bertz CT molecular complexity index is 732. The fourth-order valence-electron chi connectivity index (χ4n) is 2.75. The van der Waals surface area contributed by atoms with E-state index in [4.69, 9.17) is 5.73 Å². The number of hydrazone groups is 1. The van der Waals surface area contributed by atoms with Crippen molar-refractivity contribution in [3.63, 3.8) is 0 Å². The van der Waals surface area contributed by atoms with E-state index >= 15 is 0 Å². The molecule has 3 aliphatic rings. The average molecular weight is 280 g/mol.